The van der Waals surface area contributed by atoms with E-state index in [2.05, 4.69) is 0 Å². The van der Waals surface area contributed by atoms with E-state index in [1.54, 1.807) is 4.91 Å². The van der Waals surface area contributed by atoms with Gasteiger partial charge in [-0.1, -0.05) is 0 Å². The maximum atomic E-state index is 6.86. The van der Waals surface area contributed by atoms with Gasteiger partial charge >= 0.3 is 29.6 Å². The minimum absolute atomic E-state index is 0. The van der Waals surface area contributed by atoms with Gasteiger partial charge in [-0.3, -0.25) is 0 Å². The van der Waals surface area contributed by atoms with Gasteiger partial charge in [-0.25, -0.2) is 0 Å². The number of hydrogen-bond acceptors (Lipinski definition) is 1. The summed E-state index contributed by atoms with van der Waals surface area (Å²) in [6.07, 6.45) is 0. The van der Waals surface area contributed by atoms with Crippen molar-refractivity contribution in [2.75, 3.05) is 0 Å². The van der Waals surface area contributed by atoms with Gasteiger partial charge in [-0.15, -0.1) is 5.53 Å². The first-order chi connectivity index (χ1) is 1.41. The maximum absolute atomic E-state index is 6.86. The maximum Gasteiger partial charge on any atom is 1.00 e. The van der Waals surface area contributed by atoms with Crippen LogP contribution in [0.4, 0.5) is 0 Å². The van der Waals surface area contributed by atoms with E-state index in [-0.39, 0.29) is 29.6 Å². The summed E-state index contributed by atoms with van der Waals surface area (Å²) in [5, 5.41) is 0. The third-order valence-corrected chi connectivity index (χ3v) is 0. The molecule has 0 bridgehead atoms. The molecule has 0 radical (unpaired) electrons. The zero-order chi connectivity index (χ0) is 2.71. The standard InChI is InChI=1S/HN3.Na/c1-3-2;/h1H;/q;+1. The predicted octanol–water partition coefficient (Wildman–Crippen LogP) is -2.12. The molecule has 1 N–H and O–H groups in total. The smallest absolute Gasteiger partial charge is 0.108 e. The van der Waals surface area contributed by atoms with Crippen LogP contribution in [-0.4, -0.2) is 0 Å². The zero-order valence-electron chi connectivity index (χ0n) is 2.39. The van der Waals surface area contributed by atoms with Crippen LogP contribution in [-0.2, 0) is 0 Å². The van der Waals surface area contributed by atoms with Crippen LogP contribution in [0.2, 0.25) is 0 Å². The molecule has 0 aliphatic heterocycles. The van der Waals surface area contributed by atoms with Crippen LogP contribution in [0.25, 0.3) is 10.4 Å². The topological polar surface area (TPSA) is 60.3 Å². The Labute approximate surface area is 45.7 Å². The minimum Gasteiger partial charge on any atom is -0.108 e. The van der Waals surface area contributed by atoms with E-state index in [0.29, 0.717) is 0 Å². The molecular weight excluding hydrogens is 65.0 g/mol. The molecule has 16 valence electrons. The zero-order valence-corrected chi connectivity index (χ0v) is 4.39. The average molecular weight is 66.0 g/mol. The SMILES string of the molecule is [N-]=[N+]=N.[Na+]. The number of nitrogens with one attached hydrogen (secondary N) is 1. The molecule has 0 unspecified atom stereocenters. The van der Waals surface area contributed by atoms with Crippen LogP contribution in [0.3, 0.4) is 0 Å². The first-order valence-corrected chi connectivity index (χ1v) is 0.424. The summed E-state index contributed by atoms with van der Waals surface area (Å²) in [7, 11) is 0. The summed E-state index contributed by atoms with van der Waals surface area (Å²) in [4.78, 5) is 1.75. The molecule has 0 aromatic carbocycles. The van der Waals surface area contributed by atoms with Crippen molar-refractivity contribution in [1.82, 2.24) is 0 Å². The van der Waals surface area contributed by atoms with Crippen molar-refractivity contribution in [3.63, 3.8) is 0 Å². The van der Waals surface area contributed by atoms with Crippen molar-refractivity contribution in [1.29, 1.82) is 5.53 Å². The van der Waals surface area contributed by atoms with Gasteiger partial charge in [0.25, 0.3) is 0 Å². The fourth-order valence-electron chi connectivity index (χ4n) is 0. The Kier molecular flexibility index (Phi) is 22.8. The van der Waals surface area contributed by atoms with Crippen molar-refractivity contribution in [2.45, 2.75) is 0 Å². The van der Waals surface area contributed by atoms with Gasteiger partial charge in [0.1, 0.15) is 0 Å². The third kappa shape index (κ3) is 41.3. The molecule has 0 amide bonds. The minimum atomic E-state index is 0. The Hall–Kier alpha value is 0.310. The van der Waals surface area contributed by atoms with Crippen LogP contribution in [0.15, 0.2) is 0 Å². The van der Waals surface area contributed by atoms with Gasteiger partial charge in [0.15, 0.2) is 0 Å². The second-order valence-electron chi connectivity index (χ2n) is 0.100. The van der Waals surface area contributed by atoms with Crippen molar-refractivity contribution in [2.24, 2.45) is 0 Å². The molecule has 0 aliphatic carbocycles. The molecule has 3 nitrogen and oxygen atoms in total. The van der Waals surface area contributed by atoms with Crippen molar-refractivity contribution >= 4 is 0 Å². The molecule has 0 fully saturated rings. The number of hydrogen-bond donors (Lipinski definition) is 1. The normalized spacial score (nSPS) is 2.00. The van der Waals surface area contributed by atoms with E-state index < -0.39 is 0 Å². The molecular formula is HN3Na+. The van der Waals surface area contributed by atoms with E-state index >= 15 is 0 Å². The molecule has 0 aromatic rings. The van der Waals surface area contributed by atoms with Crippen molar-refractivity contribution < 1.29 is 29.6 Å². The predicted molar refractivity (Wildman–Crippen MR) is 9.44 cm³/mol. The third-order valence-electron chi connectivity index (χ3n) is 0. The summed E-state index contributed by atoms with van der Waals surface area (Å²) >= 11 is 0. The monoisotopic (exact) mass is 66.0 g/mol. The van der Waals surface area contributed by atoms with Crippen molar-refractivity contribution in [3.05, 3.63) is 10.4 Å². The molecule has 0 heterocycles. The molecule has 4 heavy (non-hydrogen) atoms. The Bertz CT molecular complexity index is 24.3. The molecule has 0 saturated carbocycles. The van der Waals surface area contributed by atoms with Crippen LogP contribution >= 0.6 is 0 Å². The Morgan fingerprint density at radius 1 is 1.75 bits per heavy atom. The van der Waals surface area contributed by atoms with E-state index in [1.165, 1.54) is 0 Å². The summed E-state index contributed by atoms with van der Waals surface area (Å²) < 4.78 is 0. The van der Waals surface area contributed by atoms with Gasteiger partial charge in [-0.05, 0) is 10.4 Å². The number of nitrogens with zero attached hydrogens (tertiary/aromatic N) is 2. The van der Waals surface area contributed by atoms with Gasteiger partial charge in [0.05, 0.1) is 0 Å². The van der Waals surface area contributed by atoms with E-state index in [4.69, 9.17) is 11.1 Å². The van der Waals surface area contributed by atoms with Gasteiger partial charge in [-0.2, -0.15) is 0 Å². The largest absolute Gasteiger partial charge is 1.00 e. The van der Waals surface area contributed by atoms with Gasteiger partial charge in [0, 0.05) is 0 Å². The van der Waals surface area contributed by atoms with Crippen molar-refractivity contribution in [3.8, 4) is 0 Å². The molecule has 0 aliphatic rings. The molecule has 0 rings (SSSR count). The van der Waals surface area contributed by atoms with Crippen LogP contribution in [0, 0.1) is 5.53 Å². The second kappa shape index (κ2) is 10.3. The summed E-state index contributed by atoms with van der Waals surface area (Å²) in [5.74, 6) is 0. The first kappa shape index (κ1) is 8.85. The summed E-state index contributed by atoms with van der Waals surface area (Å²) in [6, 6.07) is 0. The first-order valence-electron chi connectivity index (χ1n) is 0.424. The molecule has 0 atom stereocenters. The summed E-state index contributed by atoms with van der Waals surface area (Å²) in [6.45, 7) is 0. The van der Waals surface area contributed by atoms with E-state index in [0.717, 1.165) is 0 Å². The average Bonchev–Trinajstić information content (AvgIpc) is 0.918. The van der Waals surface area contributed by atoms with Crippen LogP contribution < -0.4 is 29.6 Å². The van der Waals surface area contributed by atoms with Gasteiger partial charge < -0.3 is 0 Å². The van der Waals surface area contributed by atoms with E-state index in [9.17, 15) is 0 Å². The fourth-order valence-corrected chi connectivity index (χ4v) is 0. The van der Waals surface area contributed by atoms with E-state index in [1.807, 2.05) is 0 Å². The molecule has 4 heteroatoms. The second-order valence-corrected chi connectivity index (χ2v) is 0.100. The Balaban J connectivity index is 0. The Morgan fingerprint density at radius 3 is 1.75 bits per heavy atom. The van der Waals surface area contributed by atoms with Gasteiger partial charge in [0.2, 0.25) is 0 Å². The molecule has 0 aromatic heterocycles. The Morgan fingerprint density at radius 2 is 1.75 bits per heavy atom. The van der Waals surface area contributed by atoms with Crippen LogP contribution in [0.5, 0.6) is 0 Å². The number of rotatable bonds is 0. The molecule has 0 saturated heterocycles. The van der Waals surface area contributed by atoms with Crippen LogP contribution in [0.1, 0.15) is 0 Å². The fraction of sp³-hybridized carbons (Fsp3) is 0. The summed E-state index contributed by atoms with van der Waals surface area (Å²) in [5.41, 5.74) is 12.2. The quantitative estimate of drug-likeness (QED) is 0.145. The molecule has 0 spiro atoms.